The number of halogens is 1. The Bertz CT molecular complexity index is 759. The molecule has 5 nitrogen and oxygen atoms in total. The van der Waals surface area contributed by atoms with Gasteiger partial charge in [-0.05, 0) is 36.5 Å². The minimum absolute atomic E-state index is 0.0489. The predicted molar refractivity (Wildman–Crippen MR) is 83.3 cm³/mol. The van der Waals surface area contributed by atoms with E-state index in [4.69, 9.17) is 15.9 Å². The van der Waals surface area contributed by atoms with Crippen LogP contribution in [0.15, 0.2) is 45.1 Å². The van der Waals surface area contributed by atoms with Crippen LogP contribution in [0.3, 0.4) is 0 Å². The minimum atomic E-state index is -0.222. The largest absolute Gasteiger partial charge is 0.468 e. The van der Waals surface area contributed by atoms with Crippen LogP contribution in [0.1, 0.15) is 34.8 Å². The second kappa shape index (κ2) is 5.63. The van der Waals surface area contributed by atoms with E-state index in [-0.39, 0.29) is 17.7 Å². The molecule has 0 bridgehead atoms. The third-order valence-electron chi connectivity index (χ3n) is 3.84. The molecule has 3 rings (SSSR count). The topological polar surface area (TPSA) is 89.9 Å². The number of aryl methyl sites for hydroxylation is 1. The van der Waals surface area contributed by atoms with Crippen LogP contribution in [-0.2, 0) is 6.42 Å². The van der Waals surface area contributed by atoms with Crippen LogP contribution < -0.4 is 11.5 Å². The average molecular weight is 300 g/mol. The third kappa shape index (κ3) is 2.59. The van der Waals surface area contributed by atoms with Crippen molar-refractivity contribution in [3.05, 3.63) is 58.8 Å². The second-order valence-corrected chi connectivity index (χ2v) is 5.42. The van der Waals surface area contributed by atoms with E-state index in [1.165, 1.54) is 6.07 Å². The fourth-order valence-corrected chi connectivity index (χ4v) is 2.90. The van der Waals surface area contributed by atoms with Crippen LogP contribution in [0.4, 0.5) is 4.39 Å². The van der Waals surface area contributed by atoms with Crippen molar-refractivity contribution in [1.82, 2.24) is 0 Å². The summed E-state index contributed by atoms with van der Waals surface area (Å²) in [6.45, 7) is 1.94. The summed E-state index contributed by atoms with van der Waals surface area (Å²) in [6, 6.07) is 6.76. The lowest BCUT2D eigenvalue weighted by Crippen LogP contribution is -2.23. The van der Waals surface area contributed by atoms with Crippen molar-refractivity contribution in [1.29, 1.82) is 0 Å². The average Bonchev–Trinajstić information content (AvgIpc) is 2.87. The third-order valence-corrected chi connectivity index (χ3v) is 3.84. The molecule has 6 heteroatoms. The standard InChI is InChI=1S/C16H17FN4O/c1-9-8-22-14-7-10(11-4-2-3-5-12(11)17)6-13(15(9)14)20-21-16(18)19/h2-5,8,10H,6-7H2,1H3,(H4,18,19,21)/b20-13+. The molecule has 0 saturated carbocycles. The van der Waals surface area contributed by atoms with E-state index in [0.29, 0.717) is 24.1 Å². The fourth-order valence-electron chi connectivity index (χ4n) is 2.90. The molecule has 1 aromatic carbocycles. The summed E-state index contributed by atoms with van der Waals surface area (Å²) in [7, 11) is 0. The highest BCUT2D eigenvalue weighted by molar-refractivity contribution is 6.04. The van der Waals surface area contributed by atoms with Gasteiger partial charge in [-0.25, -0.2) is 4.39 Å². The molecule has 1 heterocycles. The van der Waals surface area contributed by atoms with Crippen LogP contribution in [0, 0.1) is 12.7 Å². The first-order valence-corrected chi connectivity index (χ1v) is 7.03. The van der Waals surface area contributed by atoms with Crippen molar-refractivity contribution >= 4 is 11.7 Å². The van der Waals surface area contributed by atoms with Gasteiger partial charge < -0.3 is 15.9 Å². The van der Waals surface area contributed by atoms with Crippen LogP contribution in [0.25, 0.3) is 0 Å². The number of nitrogens with two attached hydrogens (primary N) is 2. The molecule has 0 spiro atoms. The summed E-state index contributed by atoms with van der Waals surface area (Å²) in [5, 5.41) is 7.88. The Balaban J connectivity index is 2.04. The lowest BCUT2D eigenvalue weighted by Gasteiger charge is -2.23. The zero-order valence-electron chi connectivity index (χ0n) is 12.2. The SMILES string of the molecule is Cc1coc2c1/C(=N/N=C(N)N)CC(c1ccccc1F)C2. The summed E-state index contributed by atoms with van der Waals surface area (Å²) in [6.07, 6.45) is 2.87. The second-order valence-electron chi connectivity index (χ2n) is 5.42. The monoisotopic (exact) mass is 300 g/mol. The van der Waals surface area contributed by atoms with Crippen molar-refractivity contribution in [3.8, 4) is 0 Å². The molecule has 1 aliphatic rings. The zero-order chi connectivity index (χ0) is 15.7. The van der Waals surface area contributed by atoms with Crippen molar-refractivity contribution in [2.75, 3.05) is 0 Å². The number of fused-ring (bicyclic) bond motifs is 1. The Morgan fingerprint density at radius 2 is 2.05 bits per heavy atom. The van der Waals surface area contributed by atoms with Gasteiger partial charge in [0.15, 0.2) is 0 Å². The normalized spacial score (nSPS) is 19.0. The van der Waals surface area contributed by atoms with Crippen LogP contribution in [0.2, 0.25) is 0 Å². The summed E-state index contributed by atoms with van der Waals surface area (Å²) >= 11 is 0. The summed E-state index contributed by atoms with van der Waals surface area (Å²) in [4.78, 5) is 0. The molecule has 0 aliphatic heterocycles. The Hall–Kier alpha value is -2.63. The Morgan fingerprint density at radius 1 is 1.27 bits per heavy atom. The van der Waals surface area contributed by atoms with Gasteiger partial charge in [-0.3, -0.25) is 0 Å². The number of benzene rings is 1. The molecule has 0 amide bonds. The molecule has 2 aromatic rings. The molecule has 1 unspecified atom stereocenters. The highest BCUT2D eigenvalue weighted by Crippen LogP contribution is 2.36. The van der Waals surface area contributed by atoms with Crippen molar-refractivity contribution in [3.63, 3.8) is 0 Å². The van der Waals surface area contributed by atoms with Crippen molar-refractivity contribution < 1.29 is 8.81 Å². The number of rotatable bonds is 2. The molecule has 22 heavy (non-hydrogen) atoms. The first-order valence-electron chi connectivity index (χ1n) is 7.03. The molecular formula is C16H17FN4O. The van der Waals surface area contributed by atoms with Gasteiger partial charge in [-0.1, -0.05) is 18.2 Å². The quantitative estimate of drug-likeness (QED) is 0.507. The summed E-state index contributed by atoms with van der Waals surface area (Å²) < 4.78 is 19.7. The maximum atomic E-state index is 14.1. The van der Waals surface area contributed by atoms with Crippen LogP contribution in [0.5, 0.6) is 0 Å². The highest BCUT2D eigenvalue weighted by Gasteiger charge is 2.30. The maximum absolute atomic E-state index is 14.1. The van der Waals surface area contributed by atoms with Gasteiger partial charge in [0, 0.05) is 12.0 Å². The predicted octanol–water partition coefficient (Wildman–Crippen LogP) is 2.43. The fraction of sp³-hybridized carbons (Fsp3) is 0.250. The lowest BCUT2D eigenvalue weighted by atomic mass is 9.81. The Labute approximate surface area is 127 Å². The van der Waals surface area contributed by atoms with E-state index in [9.17, 15) is 4.39 Å². The van der Waals surface area contributed by atoms with Gasteiger partial charge in [0.1, 0.15) is 11.6 Å². The van der Waals surface area contributed by atoms with Crippen LogP contribution >= 0.6 is 0 Å². The highest BCUT2D eigenvalue weighted by atomic mass is 19.1. The molecule has 114 valence electrons. The minimum Gasteiger partial charge on any atom is -0.468 e. The number of nitrogens with zero attached hydrogens (tertiary/aromatic N) is 2. The maximum Gasteiger partial charge on any atom is 0.211 e. The first-order chi connectivity index (χ1) is 10.6. The molecule has 0 saturated heterocycles. The molecule has 0 radical (unpaired) electrons. The smallest absolute Gasteiger partial charge is 0.211 e. The van der Waals surface area contributed by atoms with E-state index in [1.54, 1.807) is 18.4 Å². The van der Waals surface area contributed by atoms with Crippen molar-refractivity contribution in [2.45, 2.75) is 25.7 Å². The van der Waals surface area contributed by atoms with Crippen LogP contribution in [-0.4, -0.2) is 11.7 Å². The number of hydrogen-bond acceptors (Lipinski definition) is 3. The number of hydrogen-bond donors (Lipinski definition) is 2. The van der Waals surface area contributed by atoms with E-state index >= 15 is 0 Å². The molecule has 1 aliphatic carbocycles. The van der Waals surface area contributed by atoms with E-state index in [0.717, 1.165) is 16.9 Å². The van der Waals surface area contributed by atoms with E-state index < -0.39 is 0 Å². The lowest BCUT2D eigenvalue weighted by molar-refractivity contribution is 0.473. The zero-order valence-corrected chi connectivity index (χ0v) is 12.2. The van der Waals surface area contributed by atoms with Crippen molar-refractivity contribution in [2.24, 2.45) is 21.7 Å². The molecule has 0 fully saturated rings. The summed E-state index contributed by atoms with van der Waals surface area (Å²) in [5.74, 6) is 0.414. The van der Waals surface area contributed by atoms with Gasteiger partial charge in [0.2, 0.25) is 5.96 Å². The van der Waals surface area contributed by atoms with Gasteiger partial charge in [0.25, 0.3) is 0 Å². The van der Waals surface area contributed by atoms with E-state index in [1.807, 2.05) is 13.0 Å². The Kier molecular flexibility index (Phi) is 3.66. The number of guanidine groups is 1. The van der Waals surface area contributed by atoms with Gasteiger partial charge in [-0.2, -0.15) is 5.10 Å². The van der Waals surface area contributed by atoms with Gasteiger partial charge in [-0.15, -0.1) is 5.10 Å². The summed E-state index contributed by atoms with van der Waals surface area (Å²) in [5.41, 5.74) is 14.0. The Morgan fingerprint density at radius 3 is 2.77 bits per heavy atom. The molecule has 4 N–H and O–H groups in total. The van der Waals surface area contributed by atoms with Gasteiger partial charge in [0.05, 0.1) is 12.0 Å². The van der Waals surface area contributed by atoms with Gasteiger partial charge >= 0.3 is 0 Å². The number of furan rings is 1. The molecule has 1 aromatic heterocycles. The van der Waals surface area contributed by atoms with E-state index in [2.05, 4.69) is 10.2 Å². The molecule has 1 atom stereocenters. The first kappa shape index (κ1) is 14.3. The molecular weight excluding hydrogens is 283 g/mol.